The Hall–Kier alpha value is -2.92. The molecule has 2 aromatic heterocycles. The fraction of sp³-hybridized carbons (Fsp3) is 0.150. The van der Waals surface area contributed by atoms with Crippen molar-refractivity contribution in [3.05, 3.63) is 80.9 Å². The van der Waals surface area contributed by atoms with Crippen molar-refractivity contribution in [2.24, 2.45) is 0 Å². The Bertz CT molecular complexity index is 1190. The highest BCUT2D eigenvalue weighted by atomic mass is 35.5. The number of hydrogen-bond donors (Lipinski definition) is 0. The van der Waals surface area contributed by atoms with Crippen LogP contribution in [-0.4, -0.2) is 19.6 Å². The van der Waals surface area contributed by atoms with Crippen LogP contribution in [0.1, 0.15) is 16.8 Å². The Balaban J connectivity index is 2.05. The minimum absolute atomic E-state index is 0.216. The van der Waals surface area contributed by atoms with Crippen LogP contribution >= 0.6 is 11.6 Å². The quantitative estimate of drug-likeness (QED) is 0.537. The molecule has 0 radical (unpaired) electrons. The minimum Gasteiger partial charge on any atom is -0.265 e. The van der Waals surface area contributed by atoms with Gasteiger partial charge in [0.15, 0.2) is 0 Å². The Morgan fingerprint density at radius 3 is 2.42 bits per heavy atom. The van der Waals surface area contributed by atoms with E-state index in [1.165, 1.54) is 4.68 Å². The zero-order valence-corrected chi connectivity index (χ0v) is 15.4. The molecule has 0 spiro atoms. The van der Waals surface area contributed by atoms with Gasteiger partial charge in [-0.1, -0.05) is 23.7 Å². The molecule has 0 aliphatic heterocycles. The van der Waals surface area contributed by atoms with Crippen LogP contribution in [0.25, 0.3) is 22.3 Å². The van der Waals surface area contributed by atoms with Gasteiger partial charge in [-0.2, -0.15) is 14.9 Å². The first kappa shape index (κ1) is 16.5. The van der Waals surface area contributed by atoms with Crippen LogP contribution < -0.4 is 5.56 Å². The van der Waals surface area contributed by atoms with E-state index < -0.39 is 0 Å². The molecule has 0 aliphatic carbocycles. The van der Waals surface area contributed by atoms with Crippen LogP contribution in [0.15, 0.2) is 53.5 Å². The van der Waals surface area contributed by atoms with E-state index in [1.54, 1.807) is 35.1 Å². The second-order valence-corrected chi connectivity index (χ2v) is 6.75. The van der Waals surface area contributed by atoms with Crippen molar-refractivity contribution < 1.29 is 0 Å². The largest absolute Gasteiger partial charge is 0.298 e. The van der Waals surface area contributed by atoms with Gasteiger partial charge >= 0.3 is 0 Å². The molecule has 0 amide bonds. The van der Waals surface area contributed by atoms with Gasteiger partial charge in [-0.05, 0) is 62.2 Å². The third-order valence-corrected chi connectivity index (χ3v) is 4.93. The molecule has 0 bridgehead atoms. The lowest BCUT2D eigenvalue weighted by molar-refractivity contribution is 0.790. The molecule has 6 heteroatoms. The number of nitrogens with zero attached hydrogens (tertiary/aromatic N) is 4. The molecule has 0 unspecified atom stereocenters. The van der Waals surface area contributed by atoms with Crippen molar-refractivity contribution in [3.63, 3.8) is 0 Å². The summed E-state index contributed by atoms with van der Waals surface area (Å²) >= 11 is 5.96. The van der Waals surface area contributed by atoms with E-state index in [1.807, 2.05) is 39.0 Å². The number of rotatable bonds is 2. The van der Waals surface area contributed by atoms with Crippen LogP contribution in [0, 0.1) is 20.8 Å². The van der Waals surface area contributed by atoms with Crippen molar-refractivity contribution in [3.8, 4) is 11.4 Å². The van der Waals surface area contributed by atoms with Gasteiger partial charge in [-0.3, -0.25) is 4.79 Å². The maximum Gasteiger partial charge on any atom is 0.298 e. The molecule has 0 fully saturated rings. The average molecular weight is 365 g/mol. The van der Waals surface area contributed by atoms with Gasteiger partial charge in [0.05, 0.1) is 23.3 Å². The second-order valence-electron chi connectivity index (χ2n) is 6.32. The molecule has 26 heavy (non-hydrogen) atoms. The molecular weight excluding hydrogens is 348 g/mol. The van der Waals surface area contributed by atoms with Crippen molar-refractivity contribution in [1.29, 1.82) is 0 Å². The van der Waals surface area contributed by atoms with Crippen LogP contribution in [0.4, 0.5) is 0 Å². The first-order valence-electron chi connectivity index (χ1n) is 8.27. The Labute approximate surface area is 155 Å². The third kappa shape index (κ3) is 2.52. The predicted molar refractivity (Wildman–Crippen MR) is 104 cm³/mol. The molecule has 2 aromatic carbocycles. The molecule has 0 saturated carbocycles. The third-order valence-electron chi connectivity index (χ3n) is 4.68. The highest BCUT2D eigenvalue weighted by molar-refractivity contribution is 6.30. The molecule has 0 N–H and O–H groups in total. The van der Waals surface area contributed by atoms with E-state index in [0.29, 0.717) is 16.2 Å². The van der Waals surface area contributed by atoms with E-state index in [9.17, 15) is 4.79 Å². The average Bonchev–Trinajstić information content (AvgIpc) is 3.07. The Morgan fingerprint density at radius 2 is 1.69 bits per heavy atom. The lowest BCUT2D eigenvalue weighted by Gasteiger charge is -2.11. The van der Waals surface area contributed by atoms with Crippen LogP contribution in [0.3, 0.4) is 0 Å². The van der Waals surface area contributed by atoms with E-state index in [2.05, 4.69) is 10.2 Å². The molecule has 2 heterocycles. The van der Waals surface area contributed by atoms with E-state index >= 15 is 0 Å². The van der Waals surface area contributed by atoms with Crippen LogP contribution in [0.2, 0.25) is 5.02 Å². The number of fused-ring (bicyclic) bond motifs is 1. The number of hydrogen-bond acceptors (Lipinski definition) is 3. The normalized spacial score (nSPS) is 11.2. The predicted octanol–water partition coefficient (Wildman–Crippen LogP) is 4.15. The fourth-order valence-electron chi connectivity index (χ4n) is 3.07. The van der Waals surface area contributed by atoms with Gasteiger partial charge in [0.1, 0.15) is 5.52 Å². The van der Waals surface area contributed by atoms with E-state index in [0.717, 1.165) is 27.9 Å². The zero-order valence-electron chi connectivity index (χ0n) is 14.7. The first-order valence-corrected chi connectivity index (χ1v) is 8.65. The maximum atomic E-state index is 13.2. The maximum absolute atomic E-state index is 13.2. The summed E-state index contributed by atoms with van der Waals surface area (Å²) in [5.41, 5.74) is 4.83. The monoisotopic (exact) mass is 364 g/mol. The molecule has 130 valence electrons. The molecule has 5 nitrogen and oxygen atoms in total. The Kier molecular flexibility index (Phi) is 3.89. The number of benzene rings is 2. The summed E-state index contributed by atoms with van der Waals surface area (Å²) in [5, 5.41) is 10.3. The van der Waals surface area contributed by atoms with Gasteiger partial charge in [0.25, 0.3) is 5.56 Å². The van der Waals surface area contributed by atoms with Crippen molar-refractivity contribution in [2.75, 3.05) is 0 Å². The Morgan fingerprint density at radius 1 is 0.962 bits per heavy atom. The topological polar surface area (TPSA) is 52.7 Å². The number of aryl methyl sites for hydroxylation is 2. The van der Waals surface area contributed by atoms with Gasteiger partial charge in [-0.15, -0.1) is 0 Å². The summed E-state index contributed by atoms with van der Waals surface area (Å²) in [6.07, 6.45) is 1.70. The zero-order chi connectivity index (χ0) is 18.4. The fourth-order valence-corrected chi connectivity index (χ4v) is 3.20. The van der Waals surface area contributed by atoms with Crippen molar-refractivity contribution in [1.82, 2.24) is 19.6 Å². The number of halogens is 1. The lowest BCUT2D eigenvalue weighted by Crippen LogP contribution is -2.24. The van der Waals surface area contributed by atoms with Crippen molar-refractivity contribution >= 4 is 22.5 Å². The number of aromatic nitrogens is 4. The van der Waals surface area contributed by atoms with Gasteiger partial charge in [0, 0.05) is 10.4 Å². The smallest absolute Gasteiger partial charge is 0.265 e. The summed E-state index contributed by atoms with van der Waals surface area (Å²) < 4.78 is 3.11. The molecule has 0 saturated heterocycles. The second kappa shape index (κ2) is 6.11. The molecule has 4 aromatic rings. The van der Waals surface area contributed by atoms with E-state index in [4.69, 9.17) is 11.6 Å². The van der Waals surface area contributed by atoms with Crippen LogP contribution in [-0.2, 0) is 0 Å². The highest BCUT2D eigenvalue weighted by Gasteiger charge is 2.17. The van der Waals surface area contributed by atoms with Crippen molar-refractivity contribution in [2.45, 2.75) is 20.8 Å². The standard InChI is InChI=1S/C20H17ClN4O/c1-12-5-4-6-18(13(12)2)25-19-17(11-22-25)14(3)23-24(20(19)26)16-9-7-15(21)8-10-16/h4-11H,1-3H3. The van der Waals surface area contributed by atoms with Crippen LogP contribution in [0.5, 0.6) is 0 Å². The molecular formula is C20H17ClN4O. The molecule has 0 aliphatic rings. The van der Waals surface area contributed by atoms with Gasteiger partial charge in [-0.25, -0.2) is 4.68 Å². The highest BCUT2D eigenvalue weighted by Crippen LogP contribution is 2.22. The lowest BCUT2D eigenvalue weighted by atomic mass is 10.1. The van der Waals surface area contributed by atoms with Gasteiger partial charge < -0.3 is 0 Å². The summed E-state index contributed by atoms with van der Waals surface area (Å²) in [6.45, 7) is 5.95. The summed E-state index contributed by atoms with van der Waals surface area (Å²) in [7, 11) is 0. The first-order chi connectivity index (χ1) is 12.5. The van der Waals surface area contributed by atoms with Gasteiger partial charge in [0.2, 0.25) is 0 Å². The minimum atomic E-state index is -0.216. The summed E-state index contributed by atoms with van der Waals surface area (Å²) in [5.74, 6) is 0. The molecule has 4 rings (SSSR count). The molecule has 0 atom stereocenters. The summed E-state index contributed by atoms with van der Waals surface area (Å²) in [6, 6.07) is 13.0. The van der Waals surface area contributed by atoms with E-state index in [-0.39, 0.29) is 5.56 Å². The SMILES string of the molecule is Cc1cccc(-n2ncc3c(C)nn(-c4ccc(Cl)cc4)c(=O)c32)c1C. The summed E-state index contributed by atoms with van der Waals surface area (Å²) in [4.78, 5) is 13.2.